The molecule has 5 heteroatoms. The van der Waals surface area contributed by atoms with E-state index in [1.165, 1.54) is 0 Å². The van der Waals surface area contributed by atoms with Gasteiger partial charge in [-0.05, 0) is 25.0 Å². The molecule has 0 aliphatic carbocycles. The van der Waals surface area contributed by atoms with Gasteiger partial charge in [0.05, 0.1) is 0 Å². The lowest BCUT2D eigenvalue weighted by molar-refractivity contribution is 0.103. The van der Waals surface area contributed by atoms with Gasteiger partial charge < -0.3 is 15.7 Å². The third-order valence-electron chi connectivity index (χ3n) is 3.92. The molecule has 2 unspecified atom stereocenters. The Morgan fingerprint density at radius 3 is 2.33 bits per heavy atom. The first kappa shape index (κ1) is 17.7. The van der Waals surface area contributed by atoms with Gasteiger partial charge in [0.1, 0.15) is 0 Å². The Morgan fingerprint density at radius 2 is 1.67 bits per heavy atom. The van der Waals surface area contributed by atoms with Crippen LogP contribution in [0, 0.1) is 5.92 Å². The maximum atomic E-state index is 12.4. The summed E-state index contributed by atoms with van der Waals surface area (Å²) in [5.74, 6) is -0.135. The van der Waals surface area contributed by atoms with E-state index in [1.807, 2.05) is 32.0 Å². The van der Waals surface area contributed by atoms with Crippen molar-refractivity contribution >= 4 is 17.5 Å². The van der Waals surface area contributed by atoms with Gasteiger partial charge in [-0.1, -0.05) is 49.4 Å². The molecule has 0 aromatic heterocycles. The Bertz CT molecular complexity index is 701. The van der Waals surface area contributed by atoms with Crippen molar-refractivity contribution in [1.82, 2.24) is 5.32 Å². The maximum Gasteiger partial charge on any atom is 0.319 e. The van der Waals surface area contributed by atoms with Gasteiger partial charge >= 0.3 is 6.03 Å². The van der Waals surface area contributed by atoms with E-state index in [4.69, 9.17) is 5.11 Å². The van der Waals surface area contributed by atoms with Crippen molar-refractivity contribution in [2.45, 2.75) is 19.9 Å². The number of amides is 2. The van der Waals surface area contributed by atoms with E-state index in [2.05, 4.69) is 10.6 Å². The summed E-state index contributed by atoms with van der Waals surface area (Å²) >= 11 is 0. The predicted molar refractivity (Wildman–Crippen MR) is 94.2 cm³/mol. The minimum Gasteiger partial charge on any atom is -0.396 e. The molecule has 0 saturated carbocycles. The molecule has 24 heavy (non-hydrogen) atoms. The number of ketones is 1. The minimum absolute atomic E-state index is 0.00249. The molecular weight excluding hydrogens is 304 g/mol. The Balaban J connectivity index is 2.05. The molecule has 0 aliphatic rings. The molecule has 126 valence electrons. The molecule has 2 aromatic rings. The summed E-state index contributed by atoms with van der Waals surface area (Å²) in [6.45, 7) is 3.68. The summed E-state index contributed by atoms with van der Waals surface area (Å²) in [6.07, 6.45) is 0. The molecule has 0 radical (unpaired) electrons. The topological polar surface area (TPSA) is 78.4 Å². The number of anilines is 1. The van der Waals surface area contributed by atoms with Crippen molar-refractivity contribution in [2.24, 2.45) is 5.92 Å². The van der Waals surface area contributed by atoms with Crippen molar-refractivity contribution in [2.75, 3.05) is 11.9 Å². The van der Waals surface area contributed by atoms with Gasteiger partial charge in [-0.2, -0.15) is 0 Å². The van der Waals surface area contributed by atoms with Crippen LogP contribution in [0.3, 0.4) is 0 Å². The first-order valence-corrected chi connectivity index (χ1v) is 7.89. The van der Waals surface area contributed by atoms with Crippen LogP contribution in [0.25, 0.3) is 0 Å². The number of aliphatic hydroxyl groups is 1. The number of benzene rings is 2. The lowest BCUT2D eigenvalue weighted by atomic mass is 10.0. The fourth-order valence-corrected chi connectivity index (χ4v) is 2.17. The summed E-state index contributed by atoms with van der Waals surface area (Å²) < 4.78 is 0. The van der Waals surface area contributed by atoms with E-state index >= 15 is 0 Å². The van der Waals surface area contributed by atoms with Crippen LogP contribution in [0.5, 0.6) is 0 Å². The van der Waals surface area contributed by atoms with E-state index < -0.39 is 0 Å². The van der Waals surface area contributed by atoms with E-state index in [0.717, 1.165) is 0 Å². The molecule has 3 N–H and O–H groups in total. The third kappa shape index (κ3) is 4.67. The number of urea groups is 1. The van der Waals surface area contributed by atoms with E-state index in [1.54, 1.807) is 36.4 Å². The van der Waals surface area contributed by atoms with E-state index in [9.17, 15) is 9.59 Å². The lowest BCUT2D eigenvalue weighted by Gasteiger charge is -2.19. The maximum absolute atomic E-state index is 12.4. The Morgan fingerprint density at radius 1 is 1.00 bits per heavy atom. The van der Waals surface area contributed by atoms with Gasteiger partial charge in [0.25, 0.3) is 0 Å². The SMILES string of the molecule is CC(CO)C(C)NC(=O)Nc1cccc(C(=O)c2ccccc2)c1. The lowest BCUT2D eigenvalue weighted by Crippen LogP contribution is -2.40. The van der Waals surface area contributed by atoms with Crippen LogP contribution in [0.2, 0.25) is 0 Å². The predicted octanol–water partition coefficient (Wildman–Crippen LogP) is 3.06. The van der Waals surface area contributed by atoms with E-state index in [0.29, 0.717) is 16.8 Å². The van der Waals surface area contributed by atoms with Gasteiger partial charge in [0.2, 0.25) is 0 Å². The second kappa shape index (κ2) is 8.26. The molecule has 5 nitrogen and oxygen atoms in total. The Hall–Kier alpha value is -2.66. The quantitative estimate of drug-likeness (QED) is 0.714. The van der Waals surface area contributed by atoms with Gasteiger partial charge in [-0.25, -0.2) is 4.79 Å². The minimum atomic E-state index is -0.368. The molecule has 2 atom stereocenters. The smallest absolute Gasteiger partial charge is 0.319 e. The Kier molecular flexibility index (Phi) is 6.09. The van der Waals surface area contributed by atoms with Crippen LogP contribution >= 0.6 is 0 Å². The molecule has 2 amide bonds. The van der Waals surface area contributed by atoms with Gasteiger partial charge in [-0.15, -0.1) is 0 Å². The zero-order valence-corrected chi connectivity index (χ0v) is 13.8. The number of aliphatic hydroxyl groups excluding tert-OH is 1. The van der Waals surface area contributed by atoms with Crippen molar-refractivity contribution in [1.29, 1.82) is 0 Å². The average Bonchev–Trinajstić information content (AvgIpc) is 2.61. The number of nitrogens with one attached hydrogen (secondary N) is 2. The van der Waals surface area contributed by atoms with Crippen molar-refractivity contribution in [3.8, 4) is 0 Å². The monoisotopic (exact) mass is 326 g/mol. The molecule has 2 aromatic carbocycles. The summed E-state index contributed by atoms with van der Waals surface area (Å²) in [5.41, 5.74) is 1.65. The van der Waals surface area contributed by atoms with Crippen molar-refractivity contribution < 1.29 is 14.7 Å². The molecule has 0 bridgehead atoms. The van der Waals surface area contributed by atoms with Crippen LogP contribution in [0.15, 0.2) is 54.6 Å². The number of carbonyl (C=O) groups is 2. The summed E-state index contributed by atoms with van der Waals surface area (Å²) in [6, 6.07) is 15.3. The average molecular weight is 326 g/mol. The van der Waals surface area contributed by atoms with Crippen LogP contribution in [0.4, 0.5) is 10.5 Å². The number of hydrogen-bond acceptors (Lipinski definition) is 3. The molecule has 0 saturated heterocycles. The van der Waals surface area contributed by atoms with Crippen molar-refractivity contribution in [3.05, 3.63) is 65.7 Å². The molecular formula is C19H22N2O3. The summed E-state index contributed by atoms with van der Waals surface area (Å²) in [4.78, 5) is 24.4. The third-order valence-corrected chi connectivity index (χ3v) is 3.92. The highest BCUT2D eigenvalue weighted by molar-refractivity contribution is 6.09. The molecule has 0 spiro atoms. The second-order valence-corrected chi connectivity index (χ2v) is 5.82. The fourth-order valence-electron chi connectivity index (χ4n) is 2.17. The molecule has 0 heterocycles. The normalized spacial score (nSPS) is 13.0. The van der Waals surface area contributed by atoms with Crippen LogP contribution in [-0.4, -0.2) is 29.6 Å². The van der Waals surface area contributed by atoms with E-state index in [-0.39, 0.29) is 30.4 Å². The Labute approximate surface area is 141 Å². The van der Waals surface area contributed by atoms with Gasteiger partial charge in [-0.3, -0.25) is 4.79 Å². The fraction of sp³-hybridized carbons (Fsp3) is 0.263. The number of hydrogen-bond donors (Lipinski definition) is 3. The standard InChI is InChI=1S/C19H22N2O3/c1-13(12-22)14(2)20-19(24)21-17-10-6-9-16(11-17)18(23)15-7-4-3-5-8-15/h3-11,13-14,22H,12H2,1-2H3,(H2,20,21,24). The number of carbonyl (C=O) groups excluding carboxylic acids is 2. The molecule has 0 fully saturated rings. The first-order chi connectivity index (χ1) is 11.5. The molecule has 2 rings (SSSR count). The number of rotatable bonds is 6. The zero-order chi connectivity index (χ0) is 17.5. The van der Waals surface area contributed by atoms with Crippen LogP contribution in [0.1, 0.15) is 29.8 Å². The highest BCUT2D eigenvalue weighted by Crippen LogP contribution is 2.15. The molecule has 0 aliphatic heterocycles. The van der Waals surface area contributed by atoms with Crippen molar-refractivity contribution in [3.63, 3.8) is 0 Å². The highest BCUT2D eigenvalue weighted by Gasteiger charge is 2.14. The van der Waals surface area contributed by atoms with Crippen LogP contribution in [-0.2, 0) is 0 Å². The summed E-state index contributed by atoms with van der Waals surface area (Å²) in [5, 5.41) is 14.6. The largest absolute Gasteiger partial charge is 0.396 e. The second-order valence-electron chi connectivity index (χ2n) is 5.82. The first-order valence-electron chi connectivity index (χ1n) is 7.89. The van der Waals surface area contributed by atoms with Gasteiger partial charge in [0.15, 0.2) is 5.78 Å². The highest BCUT2D eigenvalue weighted by atomic mass is 16.3. The summed E-state index contributed by atoms with van der Waals surface area (Å²) in [7, 11) is 0. The van der Waals surface area contributed by atoms with Gasteiger partial charge in [0, 0.05) is 29.5 Å². The van der Waals surface area contributed by atoms with Crippen LogP contribution < -0.4 is 10.6 Å². The zero-order valence-electron chi connectivity index (χ0n) is 13.8.